The van der Waals surface area contributed by atoms with Crippen LogP contribution in [0.3, 0.4) is 0 Å². The molecule has 104 valence electrons. The van der Waals surface area contributed by atoms with E-state index >= 15 is 0 Å². The Hall–Kier alpha value is -2.04. The highest BCUT2D eigenvalue weighted by molar-refractivity contribution is 5.81. The van der Waals surface area contributed by atoms with E-state index < -0.39 is 23.7 Å². The largest absolute Gasteiger partial charge is 0.479 e. The average Bonchev–Trinajstić information content (AvgIpc) is 2.24. The first-order valence-corrected chi connectivity index (χ1v) is 5.98. The molecule has 0 aliphatic heterocycles. The summed E-state index contributed by atoms with van der Waals surface area (Å²) in [5.41, 5.74) is 0.672. The van der Waals surface area contributed by atoms with Crippen molar-refractivity contribution < 1.29 is 19.4 Å². The molecular formula is C14H19NO4. The van der Waals surface area contributed by atoms with Crippen LogP contribution in [0.2, 0.25) is 0 Å². The number of rotatable bonds is 3. The smallest absolute Gasteiger partial charge is 0.408 e. The van der Waals surface area contributed by atoms with E-state index in [0.29, 0.717) is 5.56 Å². The SMILES string of the molecule is Cc1ccccc1[C@H](NC(=O)OC(C)(C)C)C(=O)O. The first-order chi connectivity index (χ1) is 8.70. The summed E-state index contributed by atoms with van der Waals surface area (Å²) in [6, 6.07) is 5.89. The average molecular weight is 265 g/mol. The molecule has 1 atom stereocenters. The zero-order valence-corrected chi connectivity index (χ0v) is 11.6. The molecule has 5 nitrogen and oxygen atoms in total. The third-order valence-corrected chi connectivity index (χ3v) is 2.41. The third kappa shape index (κ3) is 4.62. The molecule has 19 heavy (non-hydrogen) atoms. The summed E-state index contributed by atoms with van der Waals surface area (Å²) >= 11 is 0. The van der Waals surface area contributed by atoms with Crippen LogP contribution in [0, 0.1) is 6.92 Å². The molecule has 0 fully saturated rings. The summed E-state index contributed by atoms with van der Waals surface area (Å²) in [7, 11) is 0. The van der Waals surface area contributed by atoms with Gasteiger partial charge in [0.05, 0.1) is 0 Å². The van der Waals surface area contributed by atoms with E-state index in [1.807, 2.05) is 6.07 Å². The maximum Gasteiger partial charge on any atom is 0.408 e. The van der Waals surface area contributed by atoms with Crippen molar-refractivity contribution in [3.8, 4) is 0 Å². The van der Waals surface area contributed by atoms with Crippen molar-refractivity contribution in [1.29, 1.82) is 0 Å². The van der Waals surface area contributed by atoms with Gasteiger partial charge in [0.1, 0.15) is 5.60 Å². The lowest BCUT2D eigenvalue weighted by Gasteiger charge is -2.22. The van der Waals surface area contributed by atoms with Crippen molar-refractivity contribution in [3.05, 3.63) is 35.4 Å². The van der Waals surface area contributed by atoms with Gasteiger partial charge in [0.2, 0.25) is 0 Å². The van der Waals surface area contributed by atoms with Crippen molar-refractivity contribution in [2.45, 2.75) is 39.3 Å². The Morgan fingerprint density at radius 3 is 2.32 bits per heavy atom. The van der Waals surface area contributed by atoms with E-state index in [-0.39, 0.29) is 0 Å². The second kappa shape index (κ2) is 5.73. The van der Waals surface area contributed by atoms with Gasteiger partial charge in [-0.25, -0.2) is 9.59 Å². The minimum atomic E-state index is -1.12. The monoisotopic (exact) mass is 265 g/mol. The molecule has 5 heteroatoms. The van der Waals surface area contributed by atoms with E-state index in [9.17, 15) is 14.7 Å². The number of hydrogen-bond donors (Lipinski definition) is 2. The topological polar surface area (TPSA) is 75.6 Å². The van der Waals surface area contributed by atoms with Crippen LogP contribution < -0.4 is 5.32 Å². The lowest BCUT2D eigenvalue weighted by molar-refractivity contribution is -0.139. The van der Waals surface area contributed by atoms with Gasteiger partial charge in [-0.3, -0.25) is 0 Å². The van der Waals surface area contributed by atoms with Crippen LogP contribution in [0.1, 0.15) is 37.9 Å². The van der Waals surface area contributed by atoms with Gasteiger partial charge < -0.3 is 15.2 Å². The standard InChI is InChI=1S/C14H19NO4/c1-9-7-5-6-8-10(9)11(12(16)17)15-13(18)19-14(2,3)4/h5-8,11H,1-4H3,(H,15,18)(H,16,17)/t11-/m0/s1. The van der Waals surface area contributed by atoms with Crippen molar-refractivity contribution in [3.63, 3.8) is 0 Å². The fourth-order valence-corrected chi connectivity index (χ4v) is 1.61. The molecule has 0 radical (unpaired) electrons. The van der Waals surface area contributed by atoms with Crippen LogP contribution >= 0.6 is 0 Å². The maximum absolute atomic E-state index is 11.7. The minimum Gasteiger partial charge on any atom is -0.479 e. The molecule has 0 saturated heterocycles. The van der Waals surface area contributed by atoms with E-state index in [1.54, 1.807) is 45.9 Å². The molecule has 0 unspecified atom stereocenters. The zero-order chi connectivity index (χ0) is 14.6. The van der Waals surface area contributed by atoms with Gasteiger partial charge >= 0.3 is 12.1 Å². The Labute approximate surface area is 112 Å². The maximum atomic E-state index is 11.7. The third-order valence-electron chi connectivity index (χ3n) is 2.41. The van der Waals surface area contributed by atoms with Crippen LogP contribution in [-0.2, 0) is 9.53 Å². The first kappa shape index (κ1) is 15.0. The molecule has 0 aromatic heterocycles. The molecule has 2 N–H and O–H groups in total. The minimum absolute atomic E-state index is 0.542. The molecule has 0 aliphatic carbocycles. The number of alkyl carbamates (subject to hydrolysis) is 1. The number of aryl methyl sites for hydroxylation is 1. The van der Waals surface area contributed by atoms with Gasteiger partial charge in [-0.05, 0) is 38.8 Å². The number of aliphatic carboxylic acids is 1. The molecule has 1 aromatic rings. The van der Waals surface area contributed by atoms with Crippen LogP contribution in [0.15, 0.2) is 24.3 Å². The number of hydrogen-bond acceptors (Lipinski definition) is 3. The summed E-state index contributed by atoms with van der Waals surface area (Å²) in [6.45, 7) is 6.95. The number of carboxylic acid groups (broad SMARTS) is 1. The molecule has 0 heterocycles. The Balaban J connectivity index is 2.89. The Morgan fingerprint density at radius 1 is 1.26 bits per heavy atom. The summed E-state index contributed by atoms with van der Waals surface area (Å²) in [4.78, 5) is 22.9. The lowest BCUT2D eigenvalue weighted by Crippen LogP contribution is -2.38. The van der Waals surface area contributed by atoms with Crippen molar-refractivity contribution in [2.75, 3.05) is 0 Å². The van der Waals surface area contributed by atoms with Gasteiger partial charge in [0, 0.05) is 0 Å². The number of carbonyl (C=O) groups excluding carboxylic acids is 1. The fraction of sp³-hybridized carbons (Fsp3) is 0.429. The van der Waals surface area contributed by atoms with Crippen LogP contribution in [0.4, 0.5) is 4.79 Å². The number of benzene rings is 1. The molecular weight excluding hydrogens is 246 g/mol. The highest BCUT2D eigenvalue weighted by Crippen LogP contribution is 2.18. The molecule has 0 bridgehead atoms. The lowest BCUT2D eigenvalue weighted by atomic mass is 10.0. The zero-order valence-electron chi connectivity index (χ0n) is 11.6. The van der Waals surface area contributed by atoms with Crippen molar-refractivity contribution >= 4 is 12.1 Å². The van der Waals surface area contributed by atoms with E-state index in [1.165, 1.54) is 0 Å². The van der Waals surface area contributed by atoms with Crippen LogP contribution in [-0.4, -0.2) is 22.8 Å². The number of nitrogens with one attached hydrogen (secondary N) is 1. The molecule has 1 amide bonds. The fourth-order valence-electron chi connectivity index (χ4n) is 1.61. The highest BCUT2D eigenvalue weighted by Gasteiger charge is 2.26. The van der Waals surface area contributed by atoms with E-state index in [4.69, 9.17) is 4.74 Å². The van der Waals surface area contributed by atoms with Crippen LogP contribution in [0.25, 0.3) is 0 Å². The second-order valence-electron chi connectivity index (χ2n) is 5.27. The first-order valence-electron chi connectivity index (χ1n) is 5.98. The van der Waals surface area contributed by atoms with Gasteiger partial charge in [0.15, 0.2) is 6.04 Å². The summed E-state index contributed by atoms with van der Waals surface area (Å²) in [6.07, 6.45) is -0.747. The number of ether oxygens (including phenoxy) is 1. The Bertz CT molecular complexity index is 477. The Kier molecular flexibility index (Phi) is 4.53. The van der Waals surface area contributed by atoms with Crippen molar-refractivity contribution in [2.24, 2.45) is 0 Å². The molecule has 0 saturated carbocycles. The molecule has 0 spiro atoms. The second-order valence-corrected chi connectivity index (χ2v) is 5.27. The van der Waals surface area contributed by atoms with Crippen LogP contribution in [0.5, 0.6) is 0 Å². The summed E-state index contributed by atoms with van der Waals surface area (Å²) in [5.74, 6) is -1.12. The predicted molar refractivity (Wildman–Crippen MR) is 70.9 cm³/mol. The van der Waals surface area contributed by atoms with Gasteiger partial charge in [-0.15, -0.1) is 0 Å². The highest BCUT2D eigenvalue weighted by atomic mass is 16.6. The van der Waals surface area contributed by atoms with Crippen molar-refractivity contribution in [1.82, 2.24) is 5.32 Å². The van der Waals surface area contributed by atoms with E-state index in [0.717, 1.165) is 5.56 Å². The normalized spacial score (nSPS) is 12.6. The van der Waals surface area contributed by atoms with Gasteiger partial charge in [0.25, 0.3) is 0 Å². The number of carboxylic acids is 1. The summed E-state index contributed by atoms with van der Waals surface area (Å²) < 4.78 is 5.07. The Morgan fingerprint density at radius 2 is 1.84 bits per heavy atom. The molecule has 1 aromatic carbocycles. The number of carbonyl (C=O) groups is 2. The summed E-state index contributed by atoms with van der Waals surface area (Å²) in [5, 5.41) is 11.6. The van der Waals surface area contributed by atoms with Gasteiger partial charge in [-0.2, -0.15) is 0 Å². The number of amides is 1. The van der Waals surface area contributed by atoms with Gasteiger partial charge in [-0.1, -0.05) is 24.3 Å². The molecule has 1 rings (SSSR count). The predicted octanol–water partition coefficient (Wildman–Crippen LogP) is 2.65. The quantitative estimate of drug-likeness (QED) is 0.881. The molecule has 0 aliphatic rings. The van der Waals surface area contributed by atoms with E-state index in [2.05, 4.69) is 5.32 Å².